The summed E-state index contributed by atoms with van der Waals surface area (Å²) in [6.07, 6.45) is 1.11. The van der Waals surface area contributed by atoms with Crippen molar-refractivity contribution >= 4 is 23.4 Å². The number of nitriles is 1. The summed E-state index contributed by atoms with van der Waals surface area (Å²) in [7, 11) is 0. The van der Waals surface area contributed by atoms with Gasteiger partial charge in [0.15, 0.2) is 5.78 Å². The highest BCUT2D eigenvalue weighted by atomic mass is 16.2. The van der Waals surface area contributed by atoms with Gasteiger partial charge in [-0.3, -0.25) is 19.5 Å². The maximum atomic E-state index is 11.5. The number of carbonyl (C=O) groups excluding carboxylic acids is 3. The number of nitrogens with two attached hydrogens (primary N) is 1. The van der Waals surface area contributed by atoms with Gasteiger partial charge in [-0.2, -0.15) is 10.4 Å². The maximum Gasteiger partial charge on any atom is 0.233 e. The highest BCUT2D eigenvalue weighted by Gasteiger charge is 2.43. The number of H-pyrrole nitrogens is 1. The molecule has 3 heterocycles. The molecule has 0 radical (unpaired) electrons. The summed E-state index contributed by atoms with van der Waals surface area (Å²) < 4.78 is 0. The monoisotopic (exact) mass is 346 g/mol. The molecule has 9 heteroatoms. The summed E-state index contributed by atoms with van der Waals surface area (Å²) >= 11 is 0. The fraction of sp³-hybridized carbons (Fsp3) is 0.562. The van der Waals surface area contributed by atoms with Crippen molar-refractivity contribution in [2.75, 3.05) is 18.8 Å². The number of Topliss-reactive ketones (excluding diaryl/α,β-unsaturated/α-hetero) is 1. The number of ketones is 1. The second kappa shape index (κ2) is 6.93. The zero-order chi connectivity index (χ0) is 18.7. The van der Waals surface area contributed by atoms with E-state index < -0.39 is 10.8 Å². The lowest BCUT2D eigenvalue weighted by Gasteiger charge is -2.17. The molecule has 9 nitrogen and oxygen atoms in total. The van der Waals surface area contributed by atoms with Crippen molar-refractivity contribution in [3.63, 3.8) is 0 Å². The Labute approximate surface area is 145 Å². The van der Waals surface area contributed by atoms with Gasteiger partial charge in [0.2, 0.25) is 11.8 Å². The second-order valence-electron chi connectivity index (χ2n) is 6.64. The lowest BCUT2D eigenvalue weighted by Crippen LogP contribution is -2.35. The molecule has 1 aromatic rings. The summed E-state index contributed by atoms with van der Waals surface area (Å²) in [5, 5.41) is 20.3. The number of anilines is 1. The van der Waals surface area contributed by atoms with Gasteiger partial charge in [0.1, 0.15) is 11.2 Å². The van der Waals surface area contributed by atoms with E-state index in [9.17, 15) is 14.4 Å². The van der Waals surface area contributed by atoms with Crippen LogP contribution in [-0.2, 0) is 19.8 Å². The van der Waals surface area contributed by atoms with Crippen LogP contribution in [0.3, 0.4) is 0 Å². The van der Waals surface area contributed by atoms with Gasteiger partial charge in [0.25, 0.3) is 0 Å². The third-order valence-electron chi connectivity index (χ3n) is 4.87. The highest BCUT2D eigenvalue weighted by molar-refractivity contribution is 6.07. The zero-order valence-electron chi connectivity index (χ0n) is 14.3. The first kappa shape index (κ1) is 18.4. The Morgan fingerprint density at radius 3 is 2.36 bits per heavy atom. The summed E-state index contributed by atoms with van der Waals surface area (Å²) in [6.45, 7) is 4.73. The number of hydrogen-bond donors (Lipinski definition) is 4. The summed E-state index contributed by atoms with van der Waals surface area (Å²) in [5.41, 5.74) is 4.84. The highest BCUT2D eigenvalue weighted by Crippen LogP contribution is 2.30. The fourth-order valence-electron chi connectivity index (χ4n) is 2.88. The van der Waals surface area contributed by atoms with Gasteiger partial charge in [-0.15, -0.1) is 0 Å². The van der Waals surface area contributed by atoms with Gasteiger partial charge >= 0.3 is 0 Å². The number of hydrogen-bond acceptors (Lipinski definition) is 6. The van der Waals surface area contributed by atoms with Crippen LogP contribution in [0, 0.1) is 16.7 Å². The van der Waals surface area contributed by atoms with Gasteiger partial charge in [-0.1, -0.05) is 0 Å². The Bertz CT molecular complexity index is 736. The van der Waals surface area contributed by atoms with E-state index in [1.807, 2.05) is 6.92 Å². The number of aromatic nitrogens is 2. The number of nitrogens with one attached hydrogen (secondary N) is 3. The number of carbonyl (C=O) groups is 3. The van der Waals surface area contributed by atoms with Gasteiger partial charge in [0, 0.05) is 19.2 Å². The fourth-order valence-corrected chi connectivity index (χ4v) is 2.88. The van der Waals surface area contributed by atoms with Crippen LogP contribution in [0.2, 0.25) is 0 Å². The molecule has 2 fully saturated rings. The quantitative estimate of drug-likeness (QED) is 0.554. The van der Waals surface area contributed by atoms with E-state index in [0.29, 0.717) is 25.3 Å². The molecule has 2 atom stereocenters. The van der Waals surface area contributed by atoms with Crippen molar-refractivity contribution in [1.29, 1.82) is 5.26 Å². The minimum Gasteiger partial charge on any atom is -0.382 e. The Kier molecular flexibility index (Phi) is 5.11. The SMILES string of the molecule is CC1(C(=O)CC#N)CCNC1=O.CC1(c2cc(N)n[nH]2)CCNC1=O. The van der Waals surface area contributed by atoms with E-state index in [1.165, 1.54) is 0 Å². The van der Waals surface area contributed by atoms with Crippen LogP contribution in [0.15, 0.2) is 6.07 Å². The van der Waals surface area contributed by atoms with Gasteiger partial charge < -0.3 is 16.4 Å². The zero-order valence-corrected chi connectivity index (χ0v) is 14.3. The maximum absolute atomic E-state index is 11.5. The third-order valence-corrected chi connectivity index (χ3v) is 4.87. The van der Waals surface area contributed by atoms with Crippen LogP contribution in [-0.4, -0.2) is 40.9 Å². The van der Waals surface area contributed by atoms with Gasteiger partial charge in [0.05, 0.1) is 23.6 Å². The lowest BCUT2D eigenvalue weighted by atomic mass is 9.83. The van der Waals surface area contributed by atoms with Crippen molar-refractivity contribution in [2.24, 2.45) is 5.41 Å². The van der Waals surface area contributed by atoms with Crippen LogP contribution in [0.4, 0.5) is 5.82 Å². The van der Waals surface area contributed by atoms with E-state index in [0.717, 1.165) is 12.1 Å². The normalized spacial score (nSPS) is 27.7. The summed E-state index contributed by atoms with van der Waals surface area (Å²) in [4.78, 5) is 34.0. The van der Waals surface area contributed by atoms with Crippen molar-refractivity contribution in [2.45, 2.75) is 38.5 Å². The lowest BCUT2D eigenvalue weighted by molar-refractivity contribution is -0.137. The molecule has 0 aromatic carbocycles. The van der Waals surface area contributed by atoms with Crippen molar-refractivity contribution in [1.82, 2.24) is 20.8 Å². The Hall–Kier alpha value is -2.89. The van der Waals surface area contributed by atoms with E-state index in [1.54, 1.807) is 19.1 Å². The van der Waals surface area contributed by atoms with Crippen molar-refractivity contribution < 1.29 is 14.4 Å². The molecular weight excluding hydrogens is 324 g/mol. The van der Waals surface area contributed by atoms with E-state index in [2.05, 4.69) is 20.8 Å². The Balaban J connectivity index is 0.000000181. The molecule has 2 unspecified atom stereocenters. The Morgan fingerprint density at radius 1 is 1.28 bits per heavy atom. The molecule has 2 amide bonds. The molecule has 2 saturated heterocycles. The van der Waals surface area contributed by atoms with E-state index in [-0.39, 0.29) is 24.0 Å². The predicted molar refractivity (Wildman–Crippen MR) is 88.9 cm³/mol. The molecule has 1 aromatic heterocycles. The smallest absolute Gasteiger partial charge is 0.233 e. The van der Waals surface area contributed by atoms with E-state index >= 15 is 0 Å². The van der Waals surface area contributed by atoms with Gasteiger partial charge in [-0.05, 0) is 26.7 Å². The largest absolute Gasteiger partial charge is 0.382 e. The second-order valence-corrected chi connectivity index (χ2v) is 6.64. The molecule has 3 rings (SSSR count). The molecule has 5 N–H and O–H groups in total. The van der Waals surface area contributed by atoms with Crippen molar-refractivity contribution in [3.05, 3.63) is 11.8 Å². The molecule has 0 aliphatic carbocycles. The molecule has 25 heavy (non-hydrogen) atoms. The minimum absolute atomic E-state index is 0.0381. The number of aromatic amines is 1. The number of amides is 2. The van der Waals surface area contributed by atoms with Crippen LogP contribution in [0.25, 0.3) is 0 Å². The van der Waals surface area contributed by atoms with Gasteiger partial charge in [-0.25, -0.2) is 0 Å². The van der Waals surface area contributed by atoms with Crippen molar-refractivity contribution in [3.8, 4) is 6.07 Å². The predicted octanol–water partition coefficient (Wildman–Crippen LogP) is -0.235. The topological polar surface area (TPSA) is 154 Å². The summed E-state index contributed by atoms with van der Waals surface area (Å²) in [5.74, 6) is -0.0603. The molecule has 2 aliphatic heterocycles. The molecule has 0 saturated carbocycles. The van der Waals surface area contributed by atoms with Crippen LogP contribution >= 0.6 is 0 Å². The first-order valence-electron chi connectivity index (χ1n) is 8.02. The van der Waals surface area contributed by atoms with E-state index in [4.69, 9.17) is 11.0 Å². The van der Waals surface area contributed by atoms with Crippen LogP contribution in [0.5, 0.6) is 0 Å². The molecular formula is C16H22N6O3. The molecule has 134 valence electrons. The number of rotatable bonds is 3. The minimum atomic E-state index is -0.949. The first-order chi connectivity index (χ1) is 11.7. The van der Waals surface area contributed by atoms with Crippen LogP contribution < -0.4 is 16.4 Å². The first-order valence-corrected chi connectivity index (χ1v) is 8.02. The molecule has 0 bridgehead atoms. The van der Waals surface area contributed by atoms with Crippen LogP contribution in [0.1, 0.15) is 38.8 Å². The number of nitrogens with zero attached hydrogens (tertiary/aromatic N) is 2. The Morgan fingerprint density at radius 2 is 1.92 bits per heavy atom. The average molecular weight is 346 g/mol. The molecule has 0 spiro atoms. The molecule has 2 aliphatic rings. The summed E-state index contributed by atoms with van der Waals surface area (Å²) in [6, 6.07) is 3.47. The standard InChI is InChI=1S/C8H12N4O.C8H10N2O2/c1-8(2-3-10-7(8)13)5-4-6(9)12-11-5;1-8(6(11)2-4-9)3-5-10-7(8)12/h4H,2-3H2,1H3,(H,10,13)(H3,9,11,12);2-3,5H2,1H3,(H,10,12). The average Bonchev–Trinajstić information content (AvgIpc) is 3.24. The third kappa shape index (κ3) is 3.47. The number of nitrogen functional groups attached to an aromatic ring is 1.